The van der Waals surface area contributed by atoms with E-state index in [4.69, 9.17) is 4.42 Å². The van der Waals surface area contributed by atoms with Crippen LogP contribution in [-0.4, -0.2) is 39.8 Å². The highest BCUT2D eigenvalue weighted by atomic mass is 32.1. The minimum absolute atomic E-state index is 0.0236. The number of likely N-dealkylation sites (N-methyl/N-ethyl adjacent to an activating group) is 1. The molecule has 3 rings (SSSR count). The van der Waals surface area contributed by atoms with E-state index in [9.17, 15) is 4.79 Å². The molecule has 1 atom stereocenters. The van der Waals surface area contributed by atoms with Crippen molar-refractivity contribution in [2.45, 2.75) is 26.3 Å². The van der Waals surface area contributed by atoms with Crippen LogP contribution in [0.4, 0.5) is 0 Å². The Morgan fingerprint density at radius 1 is 1.46 bits per heavy atom. The van der Waals surface area contributed by atoms with Crippen molar-refractivity contribution in [2.24, 2.45) is 0 Å². The average Bonchev–Trinajstić information content (AvgIpc) is 3.28. The lowest BCUT2D eigenvalue weighted by Crippen LogP contribution is -2.38. The number of nitrogens with one attached hydrogen (secondary N) is 1. The number of carbonyl (C=O) groups excluding carboxylic acids is 1. The Morgan fingerprint density at radius 3 is 2.96 bits per heavy atom. The molecule has 6 nitrogen and oxygen atoms in total. The summed E-state index contributed by atoms with van der Waals surface area (Å²) < 4.78 is 7.49. The highest BCUT2D eigenvalue weighted by molar-refractivity contribution is 7.15. The van der Waals surface area contributed by atoms with E-state index in [0.29, 0.717) is 6.54 Å². The molecule has 0 bridgehead atoms. The second-order valence-electron chi connectivity index (χ2n) is 5.56. The summed E-state index contributed by atoms with van der Waals surface area (Å²) in [5.41, 5.74) is 0.789. The first-order chi connectivity index (χ1) is 11.7. The van der Waals surface area contributed by atoms with Crippen molar-refractivity contribution in [3.05, 3.63) is 47.6 Å². The zero-order valence-corrected chi connectivity index (χ0v) is 14.8. The maximum Gasteiger partial charge on any atom is 0.226 e. The molecule has 24 heavy (non-hydrogen) atoms. The Hall–Kier alpha value is -2.12. The number of furan rings is 1. The number of amides is 1. The number of aromatic nitrogens is 2. The fourth-order valence-electron chi connectivity index (χ4n) is 2.85. The van der Waals surface area contributed by atoms with E-state index in [-0.39, 0.29) is 18.4 Å². The number of nitrogens with zero attached hydrogens (tertiary/aromatic N) is 3. The second-order valence-corrected chi connectivity index (χ2v) is 6.43. The number of imidazole rings is 1. The number of hydrogen-bond acceptors (Lipinski definition) is 5. The zero-order chi connectivity index (χ0) is 16.9. The molecule has 0 aliphatic carbocycles. The molecule has 1 N–H and O–H groups in total. The van der Waals surface area contributed by atoms with Crippen LogP contribution in [0.15, 0.2) is 40.6 Å². The van der Waals surface area contributed by atoms with Crippen LogP contribution in [0.25, 0.3) is 4.96 Å². The molecule has 0 unspecified atom stereocenters. The van der Waals surface area contributed by atoms with Crippen LogP contribution >= 0.6 is 11.3 Å². The molecular formula is C17H22N4O2S. The van der Waals surface area contributed by atoms with Crippen LogP contribution in [-0.2, 0) is 11.2 Å². The van der Waals surface area contributed by atoms with E-state index < -0.39 is 0 Å². The molecular weight excluding hydrogens is 324 g/mol. The summed E-state index contributed by atoms with van der Waals surface area (Å²) in [4.78, 5) is 19.9. The molecule has 3 heterocycles. The average molecular weight is 346 g/mol. The van der Waals surface area contributed by atoms with Crippen LogP contribution in [0.5, 0.6) is 0 Å². The molecule has 0 fully saturated rings. The van der Waals surface area contributed by atoms with Gasteiger partial charge in [-0.2, -0.15) is 0 Å². The zero-order valence-electron chi connectivity index (χ0n) is 13.9. The van der Waals surface area contributed by atoms with Crippen molar-refractivity contribution in [2.75, 3.05) is 19.6 Å². The summed E-state index contributed by atoms with van der Waals surface area (Å²) in [6.45, 7) is 6.54. The Morgan fingerprint density at radius 2 is 2.29 bits per heavy atom. The monoisotopic (exact) mass is 346 g/mol. The van der Waals surface area contributed by atoms with Crippen LogP contribution in [0.1, 0.15) is 31.3 Å². The Bertz CT molecular complexity index is 745. The standard InChI is InChI=1S/C17H22N4O2S/c1-3-20(4-2)14(15-6-5-8-23-15)11-18-16(22)10-13-12-21-7-9-24-17(21)19-13/h5-9,12,14H,3-4,10-11H2,1-2H3,(H,18,22)/t14-/m0/s1. The Labute approximate surface area is 145 Å². The first-order valence-electron chi connectivity index (χ1n) is 8.16. The predicted molar refractivity (Wildman–Crippen MR) is 94.2 cm³/mol. The van der Waals surface area contributed by atoms with E-state index >= 15 is 0 Å². The largest absolute Gasteiger partial charge is 0.468 e. The van der Waals surface area contributed by atoms with Crippen molar-refractivity contribution in [1.29, 1.82) is 0 Å². The molecule has 0 aliphatic heterocycles. The van der Waals surface area contributed by atoms with Gasteiger partial charge in [0.05, 0.1) is 24.4 Å². The van der Waals surface area contributed by atoms with E-state index in [1.807, 2.05) is 34.3 Å². The topological polar surface area (TPSA) is 62.8 Å². The van der Waals surface area contributed by atoms with Crippen molar-refractivity contribution in [3.63, 3.8) is 0 Å². The third kappa shape index (κ3) is 3.68. The van der Waals surface area contributed by atoms with E-state index in [1.54, 1.807) is 17.6 Å². The molecule has 128 valence electrons. The number of rotatable bonds is 8. The number of fused-ring (bicyclic) bond motifs is 1. The fraction of sp³-hybridized carbons (Fsp3) is 0.412. The number of carbonyl (C=O) groups is 1. The highest BCUT2D eigenvalue weighted by Crippen LogP contribution is 2.20. The van der Waals surface area contributed by atoms with Gasteiger partial charge >= 0.3 is 0 Å². The first kappa shape index (κ1) is 16.7. The molecule has 0 aliphatic rings. The van der Waals surface area contributed by atoms with Gasteiger partial charge in [-0.15, -0.1) is 11.3 Å². The van der Waals surface area contributed by atoms with Gasteiger partial charge in [-0.3, -0.25) is 14.1 Å². The molecule has 7 heteroatoms. The predicted octanol–water partition coefficient (Wildman–Crippen LogP) is 2.73. The molecule has 3 aromatic rings. The van der Waals surface area contributed by atoms with Crippen LogP contribution in [0, 0.1) is 0 Å². The summed E-state index contributed by atoms with van der Waals surface area (Å²) in [5.74, 6) is 0.853. The lowest BCUT2D eigenvalue weighted by Gasteiger charge is -2.28. The van der Waals surface area contributed by atoms with Crippen molar-refractivity contribution in [1.82, 2.24) is 19.6 Å². The smallest absolute Gasteiger partial charge is 0.226 e. The minimum Gasteiger partial charge on any atom is -0.468 e. The summed E-state index contributed by atoms with van der Waals surface area (Å²) in [6.07, 6.45) is 5.81. The summed E-state index contributed by atoms with van der Waals surface area (Å²) in [5, 5.41) is 5.00. The van der Waals surface area contributed by atoms with Gasteiger partial charge in [-0.25, -0.2) is 4.98 Å². The molecule has 0 radical (unpaired) electrons. The summed E-state index contributed by atoms with van der Waals surface area (Å²) in [6, 6.07) is 3.88. The van der Waals surface area contributed by atoms with Gasteiger partial charge in [0, 0.05) is 24.3 Å². The normalized spacial score (nSPS) is 12.8. The maximum absolute atomic E-state index is 12.3. The van der Waals surface area contributed by atoms with Crippen LogP contribution in [0.3, 0.4) is 0 Å². The molecule has 0 aromatic carbocycles. The number of thiazole rings is 1. The van der Waals surface area contributed by atoms with E-state index in [0.717, 1.165) is 29.5 Å². The van der Waals surface area contributed by atoms with Gasteiger partial charge in [0.25, 0.3) is 0 Å². The Kier molecular flexibility index (Phi) is 5.32. The van der Waals surface area contributed by atoms with E-state index in [1.165, 1.54) is 0 Å². The first-order valence-corrected chi connectivity index (χ1v) is 9.04. The maximum atomic E-state index is 12.3. The highest BCUT2D eigenvalue weighted by Gasteiger charge is 2.21. The molecule has 0 saturated heterocycles. The van der Waals surface area contributed by atoms with Gasteiger partial charge in [0.15, 0.2) is 4.96 Å². The van der Waals surface area contributed by atoms with Crippen molar-refractivity contribution >= 4 is 22.2 Å². The Balaban J connectivity index is 1.61. The van der Waals surface area contributed by atoms with Gasteiger partial charge in [-0.05, 0) is 25.2 Å². The molecule has 1 amide bonds. The molecule has 0 saturated carbocycles. The minimum atomic E-state index is -0.0236. The summed E-state index contributed by atoms with van der Waals surface area (Å²) >= 11 is 1.56. The quantitative estimate of drug-likeness (QED) is 0.681. The third-order valence-corrected chi connectivity index (χ3v) is 4.87. The van der Waals surface area contributed by atoms with Crippen molar-refractivity contribution < 1.29 is 9.21 Å². The number of hydrogen-bond donors (Lipinski definition) is 1. The second kappa shape index (κ2) is 7.63. The van der Waals surface area contributed by atoms with Gasteiger partial charge in [-0.1, -0.05) is 13.8 Å². The lowest BCUT2D eigenvalue weighted by atomic mass is 10.1. The lowest BCUT2D eigenvalue weighted by molar-refractivity contribution is -0.120. The van der Waals surface area contributed by atoms with Crippen LogP contribution in [0.2, 0.25) is 0 Å². The van der Waals surface area contributed by atoms with Gasteiger partial charge in [0.2, 0.25) is 5.91 Å². The molecule has 0 spiro atoms. The van der Waals surface area contributed by atoms with Crippen LogP contribution < -0.4 is 5.32 Å². The third-order valence-electron chi connectivity index (χ3n) is 4.10. The fourth-order valence-corrected chi connectivity index (χ4v) is 3.57. The molecule has 3 aromatic heterocycles. The summed E-state index contributed by atoms with van der Waals surface area (Å²) in [7, 11) is 0. The van der Waals surface area contributed by atoms with E-state index in [2.05, 4.69) is 29.0 Å². The SMILES string of the molecule is CCN(CC)[C@@H](CNC(=O)Cc1cn2ccsc2n1)c1ccco1. The van der Waals surface area contributed by atoms with Gasteiger partial charge in [0.1, 0.15) is 5.76 Å². The van der Waals surface area contributed by atoms with Crippen molar-refractivity contribution in [3.8, 4) is 0 Å². The van der Waals surface area contributed by atoms with Gasteiger partial charge < -0.3 is 9.73 Å².